The number of alkyl halides is 3. The summed E-state index contributed by atoms with van der Waals surface area (Å²) in [6.07, 6.45) is 0.340. The zero-order valence-corrected chi connectivity index (χ0v) is 9.01. The molecule has 2 rings (SSSR count). The Balaban J connectivity index is 2.06. The molecular weight excluding hydrogens is 219 g/mol. The summed E-state index contributed by atoms with van der Waals surface area (Å²) < 4.78 is 38.9. The fraction of sp³-hybridized carbons (Fsp3) is 0.700. The molecule has 3 nitrogen and oxygen atoms in total. The van der Waals surface area contributed by atoms with E-state index in [-0.39, 0.29) is 12.1 Å². The molecule has 0 aliphatic heterocycles. The molecule has 0 unspecified atom stereocenters. The van der Waals surface area contributed by atoms with Gasteiger partial charge in [-0.3, -0.25) is 4.68 Å². The van der Waals surface area contributed by atoms with Crippen LogP contribution in [0.3, 0.4) is 0 Å². The second-order valence-electron chi connectivity index (χ2n) is 4.18. The van der Waals surface area contributed by atoms with E-state index in [0.29, 0.717) is 6.04 Å². The summed E-state index contributed by atoms with van der Waals surface area (Å²) >= 11 is 0. The van der Waals surface area contributed by atoms with E-state index in [2.05, 4.69) is 10.4 Å². The lowest BCUT2D eigenvalue weighted by molar-refractivity contribution is -0.142. The monoisotopic (exact) mass is 233 g/mol. The van der Waals surface area contributed by atoms with Gasteiger partial charge in [0.1, 0.15) is 0 Å². The fourth-order valence-electron chi connectivity index (χ4n) is 1.77. The molecule has 1 aromatic rings. The van der Waals surface area contributed by atoms with Crippen molar-refractivity contribution in [3.63, 3.8) is 0 Å². The van der Waals surface area contributed by atoms with Gasteiger partial charge in [-0.2, -0.15) is 18.3 Å². The molecule has 0 amide bonds. The van der Waals surface area contributed by atoms with E-state index in [1.165, 1.54) is 17.9 Å². The number of nitrogens with one attached hydrogen (secondary N) is 1. The predicted octanol–water partition coefficient (Wildman–Crippen LogP) is 2.08. The average Bonchev–Trinajstić information content (AvgIpc) is 2.43. The minimum absolute atomic E-state index is 0.224. The number of rotatable bonds is 3. The highest BCUT2D eigenvalue weighted by atomic mass is 19.4. The summed E-state index contributed by atoms with van der Waals surface area (Å²) in [5, 5.41) is 6.56. The van der Waals surface area contributed by atoms with Gasteiger partial charge in [0.15, 0.2) is 5.69 Å². The van der Waals surface area contributed by atoms with Crippen molar-refractivity contribution in [2.75, 3.05) is 0 Å². The van der Waals surface area contributed by atoms with E-state index >= 15 is 0 Å². The van der Waals surface area contributed by atoms with E-state index < -0.39 is 11.9 Å². The molecule has 1 N–H and O–H groups in total. The van der Waals surface area contributed by atoms with Crippen LogP contribution in [0.25, 0.3) is 0 Å². The van der Waals surface area contributed by atoms with Crippen molar-refractivity contribution >= 4 is 0 Å². The third-order valence-corrected chi connectivity index (χ3v) is 2.86. The van der Waals surface area contributed by atoms with Crippen molar-refractivity contribution in [2.45, 2.75) is 38.0 Å². The van der Waals surface area contributed by atoms with E-state index in [9.17, 15) is 13.2 Å². The molecule has 90 valence electrons. The van der Waals surface area contributed by atoms with Crippen LogP contribution in [0.1, 0.15) is 30.5 Å². The summed E-state index contributed by atoms with van der Waals surface area (Å²) in [7, 11) is 1.50. The van der Waals surface area contributed by atoms with Crippen LogP contribution in [-0.2, 0) is 19.8 Å². The molecule has 0 spiro atoms. The number of nitrogens with zero attached hydrogens (tertiary/aromatic N) is 2. The summed E-state index contributed by atoms with van der Waals surface area (Å²) in [4.78, 5) is 0. The van der Waals surface area contributed by atoms with Crippen molar-refractivity contribution in [2.24, 2.45) is 7.05 Å². The molecule has 1 aliphatic rings. The quantitative estimate of drug-likeness (QED) is 0.866. The largest absolute Gasteiger partial charge is 0.435 e. The molecular formula is C10H14F3N3. The summed E-state index contributed by atoms with van der Waals surface area (Å²) in [6.45, 7) is 0.243. The smallest absolute Gasteiger partial charge is 0.310 e. The van der Waals surface area contributed by atoms with E-state index in [1.807, 2.05) is 0 Å². The van der Waals surface area contributed by atoms with Crippen LogP contribution >= 0.6 is 0 Å². The molecule has 1 heterocycles. The van der Waals surface area contributed by atoms with Gasteiger partial charge < -0.3 is 5.32 Å². The van der Waals surface area contributed by atoms with Crippen LogP contribution in [0, 0.1) is 0 Å². The van der Waals surface area contributed by atoms with E-state index in [4.69, 9.17) is 0 Å². The fourth-order valence-corrected chi connectivity index (χ4v) is 1.77. The van der Waals surface area contributed by atoms with Crippen LogP contribution in [0.15, 0.2) is 6.20 Å². The lowest BCUT2D eigenvalue weighted by atomic mass is 9.93. The SMILES string of the molecule is Cn1cc(CNC2CCC2)c(C(F)(F)F)n1. The molecule has 1 fully saturated rings. The third kappa shape index (κ3) is 2.37. The number of halogens is 3. The maximum absolute atomic E-state index is 12.6. The predicted molar refractivity (Wildman–Crippen MR) is 52.7 cm³/mol. The second-order valence-corrected chi connectivity index (χ2v) is 4.18. The molecule has 16 heavy (non-hydrogen) atoms. The van der Waals surface area contributed by atoms with Gasteiger partial charge in [0.25, 0.3) is 0 Å². The average molecular weight is 233 g/mol. The first-order chi connectivity index (χ1) is 7.47. The number of aryl methyl sites for hydroxylation is 1. The Labute approximate surface area is 91.6 Å². The van der Waals surface area contributed by atoms with Crippen molar-refractivity contribution < 1.29 is 13.2 Å². The molecule has 0 radical (unpaired) electrons. The summed E-state index contributed by atoms with van der Waals surface area (Å²) in [5.74, 6) is 0. The van der Waals surface area contributed by atoms with Crippen molar-refractivity contribution in [3.8, 4) is 0 Å². The van der Waals surface area contributed by atoms with Gasteiger partial charge in [-0.25, -0.2) is 0 Å². The molecule has 1 aromatic heterocycles. The minimum Gasteiger partial charge on any atom is -0.310 e. The Bertz CT molecular complexity index is 366. The van der Waals surface area contributed by atoms with Gasteiger partial charge >= 0.3 is 6.18 Å². The molecule has 0 saturated heterocycles. The minimum atomic E-state index is -4.36. The highest BCUT2D eigenvalue weighted by Gasteiger charge is 2.36. The third-order valence-electron chi connectivity index (χ3n) is 2.86. The molecule has 6 heteroatoms. The van der Waals surface area contributed by atoms with E-state index in [1.54, 1.807) is 0 Å². The highest BCUT2D eigenvalue weighted by molar-refractivity contribution is 5.20. The number of hydrogen-bond acceptors (Lipinski definition) is 2. The number of aromatic nitrogens is 2. The lowest BCUT2D eigenvalue weighted by Gasteiger charge is -2.26. The first-order valence-electron chi connectivity index (χ1n) is 5.30. The Morgan fingerprint density at radius 3 is 2.69 bits per heavy atom. The molecule has 0 atom stereocenters. The zero-order valence-electron chi connectivity index (χ0n) is 9.01. The first kappa shape index (κ1) is 11.4. The van der Waals surface area contributed by atoms with Gasteiger partial charge in [0, 0.05) is 31.4 Å². The topological polar surface area (TPSA) is 29.9 Å². The Kier molecular flexibility index (Phi) is 2.92. The van der Waals surface area contributed by atoms with Gasteiger partial charge in [-0.1, -0.05) is 6.42 Å². The van der Waals surface area contributed by atoms with Gasteiger partial charge in [-0.15, -0.1) is 0 Å². The Hall–Kier alpha value is -1.04. The normalized spacial score (nSPS) is 17.5. The standard InChI is InChI=1S/C10H14F3N3/c1-16-6-7(5-14-8-3-2-4-8)9(15-16)10(11,12)13/h6,8,14H,2-5H2,1H3. The van der Waals surface area contributed by atoms with Gasteiger partial charge in [0.2, 0.25) is 0 Å². The van der Waals surface area contributed by atoms with Crippen molar-refractivity contribution in [1.82, 2.24) is 15.1 Å². The van der Waals surface area contributed by atoms with Crippen LogP contribution < -0.4 is 5.32 Å². The molecule has 0 bridgehead atoms. The van der Waals surface area contributed by atoms with Crippen molar-refractivity contribution in [1.29, 1.82) is 0 Å². The van der Waals surface area contributed by atoms with E-state index in [0.717, 1.165) is 19.3 Å². The second kappa shape index (κ2) is 4.08. The Morgan fingerprint density at radius 2 is 2.19 bits per heavy atom. The number of hydrogen-bond donors (Lipinski definition) is 1. The zero-order chi connectivity index (χ0) is 11.8. The van der Waals surface area contributed by atoms with Gasteiger partial charge in [-0.05, 0) is 12.8 Å². The lowest BCUT2D eigenvalue weighted by Crippen LogP contribution is -2.34. The van der Waals surface area contributed by atoms with Crippen LogP contribution in [-0.4, -0.2) is 15.8 Å². The molecule has 1 saturated carbocycles. The van der Waals surface area contributed by atoms with Crippen LogP contribution in [0.5, 0.6) is 0 Å². The van der Waals surface area contributed by atoms with Crippen molar-refractivity contribution in [3.05, 3.63) is 17.5 Å². The highest BCUT2D eigenvalue weighted by Crippen LogP contribution is 2.30. The summed E-state index contributed by atoms with van der Waals surface area (Å²) in [6, 6.07) is 0.376. The summed E-state index contributed by atoms with van der Waals surface area (Å²) in [5.41, 5.74) is -0.552. The first-order valence-corrected chi connectivity index (χ1v) is 5.30. The van der Waals surface area contributed by atoms with Crippen LogP contribution in [0.2, 0.25) is 0 Å². The molecule has 0 aromatic carbocycles. The maximum Gasteiger partial charge on any atom is 0.435 e. The Morgan fingerprint density at radius 1 is 1.50 bits per heavy atom. The maximum atomic E-state index is 12.6. The van der Waals surface area contributed by atoms with Crippen LogP contribution in [0.4, 0.5) is 13.2 Å². The van der Waals surface area contributed by atoms with Gasteiger partial charge in [0.05, 0.1) is 0 Å². The molecule has 1 aliphatic carbocycles.